The van der Waals surface area contributed by atoms with Gasteiger partial charge in [0.05, 0.1) is 32.4 Å². The van der Waals surface area contributed by atoms with E-state index in [1.165, 1.54) is 0 Å². The van der Waals surface area contributed by atoms with E-state index in [0.29, 0.717) is 32.9 Å². The number of nitrogens with one attached hydrogen (secondary N) is 2. The molecule has 2 N–H and O–H groups in total. The van der Waals surface area contributed by atoms with Crippen molar-refractivity contribution in [1.82, 2.24) is 15.5 Å². The highest BCUT2D eigenvalue weighted by molar-refractivity contribution is 6.31. The summed E-state index contributed by atoms with van der Waals surface area (Å²) in [4.78, 5) is 14.3. The topological polar surface area (TPSA) is 62.8 Å². The van der Waals surface area contributed by atoms with Crippen LogP contribution in [0.4, 0.5) is 0 Å². The number of methoxy groups -OCH3 is 1. The van der Waals surface area contributed by atoms with E-state index in [4.69, 9.17) is 21.1 Å². The lowest BCUT2D eigenvalue weighted by atomic mass is 10.0. The number of morpholine rings is 1. The first-order valence-corrected chi connectivity index (χ1v) is 8.62. The molecular weight excluding hydrogens is 330 g/mol. The largest absolute Gasteiger partial charge is 0.383 e. The van der Waals surface area contributed by atoms with Gasteiger partial charge in [0.2, 0.25) is 5.91 Å². The summed E-state index contributed by atoms with van der Waals surface area (Å²) < 4.78 is 10.4. The zero-order chi connectivity index (χ0) is 17.2. The zero-order valence-corrected chi connectivity index (χ0v) is 14.8. The van der Waals surface area contributed by atoms with Crippen molar-refractivity contribution in [1.29, 1.82) is 0 Å². The molecule has 1 unspecified atom stereocenters. The van der Waals surface area contributed by atoms with Gasteiger partial charge in [-0.25, -0.2) is 0 Å². The van der Waals surface area contributed by atoms with Crippen LogP contribution >= 0.6 is 11.6 Å². The van der Waals surface area contributed by atoms with E-state index >= 15 is 0 Å². The zero-order valence-electron chi connectivity index (χ0n) is 14.1. The van der Waals surface area contributed by atoms with Crippen LogP contribution in [0.3, 0.4) is 0 Å². The van der Waals surface area contributed by atoms with Crippen LogP contribution in [-0.2, 0) is 14.3 Å². The molecule has 2 rings (SSSR count). The lowest BCUT2D eigenvalue weighted by molar-refractivity contribution is -0.120. The van der Waals surface area contributed by atoms with Gasteiger partial charge in [0.1, 0.15) is 0 Å². The molecule has 24 heavy (non-hydrogen) atoms. The monoisotopic (exact) mass is 355 g/mol. The lowest BCUT2D eigenvalue weighted by Crippen LogP contribution is -2.45. The molecule has 1 aromatic rings. The molecule has 1 aliphatic rings. The Bertz CT molecular complexity index is 510. The number of hydrogen-bond donors (Lipinski definition) is 2. The van der Waals surface area contributed by atoms with E-state index in [9.17, 15) is 4.79 Å². The Kier molecular flexibility index (Phi) is 8.49. The Morgan fingerprint density at radius 2 is 2.12 bits per heavy atom. The molecule has 0 aromatic heterocycles. The Labute approximate surface area is 148 Å². The molecule has 6 nitrogen and oxygen atoms in total. The number of benzene rings is 1. The Hall–Kier alpha value is -1.18. The Balaban J connectivity index is 1.93. The molecule has 1 fully saturated rings. The quantitative estimate of drug-likeness (QED) is 0.649. The standard InChI is InChI=1S/C17H26ClN3O3/c1-23-9-6-19-13-17(22)20-12-16(21-7-10-24-11-8-21)14-4-2-3-5-15(14)18/h2-5,16,19H,6-13H2,1H3,(H,20,22). The fourth-order valence-corrected chi connectivity index (χ4v) is 2.98. The minimum atomic E-state index is -0.0311. The van der Waals surface area contributed by atoms with Gasteiger partial charge in [-0.3, -0.25) is 9.69 Å². The van der Waals surface area contributed by atoms with E-state index < -0.39 is 0 Å². The summed E-state index contributed by atoms with van der Waals surface area (Å²) in [6.45, 7) is 5.11. The van der Waals surface area contributed by atoms with Crippen molar-refractivity contribution in [3.8, 4) is 0 Å². The maximum absolute atomic E-state index is 12.0. The van der Waals surface area contributed by atoms with Gasteiger partial charge in [-0.2, -0.15) is 0 Å². The summed E-state index contributed by atoms with van der Waals surface area (Å²) in [6, 6.07) is 7.85. The van der Waals surface area contributed by atoms with Crippen LogP contribution < -0.4 is 10.6 Å². The van der Waals surface area contributed by atoms with Crippen LogP contribution in [0, 0.1) is 0 Å². The van der Waals surface area contributed by atoms with E-state index in [1.54, 1.807) is 7.11 Å². The number of carbonyl (C=O) groups is 1. The van der Waals surface area contributed by atoms with Gasteiger partial charge < -0.3 is 20.1 Å². The number of amides is 1. The van der Waals surface area contributed by atoms with Crippen LogP contribution in [0.5, 0.6) is 0 Å². The third kappa shape index (κ3) is 6.03. The van der Waals surface area contributed by atoms with Crippen LogP contribution in [0.25, 0.3) is 0 Å². The van der Waals surface area contributed by atoms with Crippen molar-refractivity contribution in [3.05, 3.63) is 34.9 Å². The summed E-state index contributed by atoms with van der Waals surface area (Å²) in [6.07, 6.45) is 0. The van der Waals surface area contributed by atoms with Crippen molar-refractivity contribution in [2.75, 3.05) is 59.7 Å². The molecule has 7 heteroatoms. The van der Waals surface area contributed by atoms with Crippen LogP contribution in [0.15, 0.2) is 24.3 Å². The molecule has 1 heterocycles. The summed E-state index contributed by atoms with van der Waals surface area (Å²) in [5, 5.41) is 6.77. The van der Waals surface area contributed by atoms with E-state index in [0.717, 1.165) is 23.7 Å². The molecular formula is C17H26ClN3O3. The summed E-state index contributed by atoms with van der Waals surface area (Å²) in [5.41, 5.74) is 1.04. The van der Waals surface area contributed by atoms with E-state index in [-0.39, 0.29) is 18.5 Å². The minimum absolute atomic E-state index is 0.0311. The second kappa shape index (κ2) is 10.6. The van der Waals surface area contributed by atoms with Crippen LogP contribution in [-0.4, -0.2) is 70.5 Å². The Morgan fingerprint density at radius 1 is 1.38 bits per heavy atom. The smallest absolute Gasteiger partial charge is 0.234 e. The van der Waals surface area contributed by atoms with Gasteiger partial charge in [-0.05, 0) is 11.6 Å². The molecule has 0 radical (unpaired) electrons. The predicted octanol–water partition coefficient (Wildman–Crippen LogP) is 1.07. The van der Waals surface area contributed by atoms with Crippen molar-refractivity contribution < 1.29 is 14.3 Å². The lowest BCUT2D eigenvalue weighted by Gasteiger charge is -2.35. The molecule has 1 aromatic carbocycles. The normalized spacial score (nSPS) is 16.8. The summed E-state index contributed by atoms with van der Waals surface area (Å²) in [7, 11) is 1.64. The van der Waals surface area contributed by atoms with Gasteiger partial charge in [0.25, 0.3) is 0 Å². The SMILES string of the molecule is COCCNCC(=O)NCC(c1ccccc1Cl)N1CCOCC1. The number of carbonyl (C=O) groups excluding carboxylic acids is 1. The number of hydrogen-bond acceptors (Lipinski definition) is 5. The van der Waals surface area contributed by atoms with Crippen molar-refractivity contribution in [2.45, 2.75) is 6.04 Å². The second-order valence-electron chi connectivity index (χ2n) is 5.66. The maximum atomic E-state index is 12.0. The van der Waals surface area contributed by atoms with Gasteiger partial charge in [-0.15, -0.1) is 0 Å². The summed E-state index contributed by atoms with van der Waals surface area (Å²) in [5.74, 6) is -0.0311. The van der Waals surface area contributed by atoms with Crippen molar-refractivity contribution in [3.63, 3.8) is 0 Å². The molecule has 1 atom stereocenters. The van der Waals surface area contributed by atoms with Crippen LogP contribution in [0.2, 0.25) is 5.02 Å². The highest BCUT2D eigenvalue weighted by atomic mass is 35.5. The number of rotatable bonds is 9. The third-order valence-corrected chi connectivity index (χ3v) is 4.36. The molecule has 1 aliphatic heterocycles. The van der Waals surface area contributed by atoms with Crippen molar-refractivity contribution in [2.24, 2.45) is 0 Å². The number of ether oxygens (including phenoxy) is 2. The molecule has 0 saturated carbocycles. The molecule has 1 saturated heterocycles. The average molecular weight is 356 g/mol. The fourth-order valence-electron chi connectivity index (χ4n) is 2.72. The van der Waals surface area contributed by atoms with Gasteiger partial charge in [0, 0.05) is 38.3 Å². The number of nitrogens with zero attached hydrogens (tertiary/aromatic N) is 1. The van der Waals surface area contributed by atoms with E-state index in [1.807, 2.05) is 24.3 Å². The predicted molar refractivity (Wildman–Crippen MR) is 94.3 cm³/mol. The number of halogens is 1. The van der Waals surface area contributed by atoms with E-state index in [2.05, 4.69) is 15.5 Å². The molecule has 0 aliphatic carbocycles. The van der Waals surface area contributed by atoms with Gasteiger partial charge in [-0.1, -0.05) is 29.8 Å². The van der Waals surface area contributed by atoms with Gasteiger partial charge >= 0.3 is 0 Å². The summed E-state index contributed by atoms with van der Waals surface area (Å²) >= 11 is 6.38. The third-order valence-electron chi connectivity index (χ3n) is 4.01. The molecule has 0 bridgehead atoms. The second-order valence-corrected chi connectivity index (χ2v) is 6.07. The molecule has 1 amide bonds. The van der Waals surface area contributed by atoms with Crippen LogP contribution in [0.1, 0.15) is 11.6 Å². The maximum Gasteiger partial charge on any atom is 0.234 e. The average Bonchev–Trinajstić information content (AvgIpc) is 2.61. The molecule has 134 valence electrons. The molecule has 0 spiro atoms. The first kappa shape index (κ1) is 19.1. The van der Waals surface area contributed by atoms with Gasteiger partial charge in [0.15, 0.2) is 0 Å². The highest BCUT2D eigenvalue weighted by Gasteiger charge is 2.24. The minimum Gasteiger partial charge on any atom is -0.383 e. The highest BCUT2D eigenvalue weighted by Crippen LogP contribution is 2.27. The first-order chi connectivity index (χ1) is 11.7. The fraction of sp³-hybridized carbons (Fsp3) is 0.588. The first-order valence-electron chi connectivity index (χ1n) is 8.25. The van der Waals surface area contributed by atoms with Crippen molar-refractivity contribution >= 4 is 17.5 Å². The Morgan fingerprint density at radius 3 is 2.83 bits per heavy atom.